The van der Waals surface area contributed by atoms with Crippen LogP contribution in [0.5, 0.6) is 5.75 Å². The van der Waals surface area contributed by atoms with Crippen molar-refractivity contribution in [3.8, 4) is 17.1 Å². The number of nitrogens with zero attached hydrogens (tertiary/aromatic N) is 3. The molecule has 0 bridgehead atoms. The summed E-state index contributed by atoms with van der Waals surface area (Å²) in [5.41, 5.74) is 1.98. The van der Waals surface area contributed by atoms with Crippen molar-refractivity contribution in [3.63, 3.8) is 0 Å². The molecule has 1 unspecified atom stereocenters. The molecule has 1 aliphatic rings. The molecule has 150 valence electrons. The number of likely N-dealkylation sites (tertiary alicyclic amines) is 1. The Labute approximate surface area is 174 Å². The maximum Gasteiger partial charge on any atom is 0.232 e. The van der Waals surface area contributed by atoms with E-state index in [0.717, 1.165) is 23.3 Å². The molecule has 0 aliphatic carbocycles. The van der Waals surface area contributed by atoms with Gasteiger partial charge in [-0.15, -0.1) is 0 Å². The van der Waals surface area contributed by atoms with Gasteiger partial charge >= 0.3 is 0 Å². The number of hydrogen-bond donors (Lipinski definition) is 0. The van der Waals surface area contributed by atoms with Crippen molar-refractivity contribution in [2.45, 2.75) is 25.7 Å². The monoisotopic (exact) mass is 411 g/mol. The van der Waals surface area contributed by atoms with Crippen LogP contribution >= 0.6 is 11.6 Å². The van der Waals surface area contributed by atoms with Crippen LogP contribution in [0.3, 0.4) is 0 Å². The summed E-state index contributed by atoms with van der Waals surface area (Å²) in [6.07, 6.45) is 1.18. The van der Waals surface area contributed by atoms with Crippen LogP contribution in [0.15, 0.2) is 53.1 Å². The number of ether oxygens (including phenoxy) is 1. The lowest BCUT2D eigenvalue weighted by molar-refractivity contribution is -0.127. The van der Waals surface area contributed by atoms with Gasteiger partial charge in [-0.2, -0.15) is 4.98 Å². The topological polar surface area (TPSA) is 68.5 Å². The van der Waals surface area contributed by atoms with Crippen LogP contribution in [-0.4, -0.2) is 40.6 Å². The lowest BCUT2D eigenvalue weighted by Gasteiger charge is -2.15. The van der Waals surface area contributed by atoms with Gasteiger partial charge in [0.05, 0.1) is 12.5 Å². The van der Waals surface area contributed by atoms with Gasteiger partial charge in [-0.3, -0.25) is 4.79 Å². The molecule has 0 saturated carbocycles. The minimum atomic E-state index is -0.0796. The summed E-state index contributed by atoms with van der Waals surface area (Å²) >= 11 is 5.92. The smallest absolute Gasteiger partial charge is 0.232 e. The molecular weight excluding hydrogens is 390 g/mol. The van der Waals surface area contributed by atoms with Gasteiger partial charge in [0.2, 0.25) is 17.6 Å². The molecule has 1 atom stereocenters. The SMILES string of the molecule is CCOc1cccc(-c2noc(C3CC(=O)N(CCc4ccc(Cl)cc4)C3)n2)c1. The van der Waals surface area contributed by atoms with Crippen molar-refractivity contribution in [2.75, 3.05) is 19.7 Å². The van der Waals surface area contributed by atoms with Crippen molar-refractivity contribution in [1.29, 1.82) is 0 Å². The third kappa shape index (κ3) is 4.59. The van der Waals surface area contributed by atoms with Crippen LogP contribution in [0.1, 0.15) is 30.7 Å². The van der Waals surface area contributed by atoms with Crippen LogP contribution in [0.25, 0.3) is 11.4 Å². The molecule has 4 rings (SSSR count). The van der Waals surface area contributed by atoms with Crippen LogP contribution in [-0.2, 0) is 11.2 Å². The van der Waals surface area contributed by atoms with E-state index in [1.54, 1.807) is 0 Å². The van der Waals surface area contributed by atoms with Gasteiger partial charge in [0.25, 0.3) is 0 Å². The highest BCUT2D eigenvalue weighted by Gasteiger charge is 2.34. The molecule has 6 nitrogen and oxygen atoms in total. The summed E-state index contributed by atoms with van der Waals surface area (Å²) in [6, 6.07) is 15.3. The second-order valence-electron chi connectivity index (χ2n) is 7.03. The van der Waals surface area contributed by atoms with Crippen LogP contribution in [0.2, 0.25) is 5.02 Å². The van der Waals surface area contributed by atoms with E-state index in [4.69, 9.17) is 20.9 Å². The van der Waals surface area contributed by atoms with Crippen molar-refractivity contribution < 1.29 is 14.1 Å². The predicted molar refractivity (Wildman–Crippen MR) is 110 cm³/mol. The first kappa shape index (κ1) is 19.5. The Kier molecular flexibility index (Phi) is 5.81. The molecule has 3 aromatic rings. The maximum absolute atomic E-state index is 12.4. The highest BCUT2D eigenvalue weighted by Crippen LogP contribution is 2.29. The van der Waals surface area contributed by atoms with Crippen LogP contribution in [0, 0.1) is 0 Å². The van der Waals surface area contributed by atoms with E-state index in [9.17, 15) is 4.79 Å². The number of halogens is 1. The molecule has 1 aliphatic heterocycles. The summed E-state index contributed by atoms with van der Waals surface area (Å²) in [5.74, 6) is 1.81. The van der Waals surface area contributed by atoms with E-state index >= 15 is 0 Å². The van der Waals surface area contributed by atoms with E-state index in [1.807, 2.05) is 60.4 Å². The lowest BCUT2D eigenvalue weighted by Crippen LogP contribution is -2.27. The fourth-order valence-corrected chi connectivity index (χ4v) is 3.60. The van der Waals surface area contributed by atoms with Crippen molar-refractivity contribution in [1.82, 2.24) is 15.0 Å². The molecule has 0 radical (unpaired) electrons. The second-order valence-corrected chi connectivity index (χ2v) is 7.47. The molecule has 2 heterocycles. The van der Waals surface area contributed by atoms with Gasteiger partial charge in [0.1, 0.15) is 5.75 Å². The molecule has 1 amide bonds. The number of benzene rings is 2. The normalized spacial score (nSPS) is 16.4. The molecular formula is C22H22ClN3O3. The molecule has 1 aromatic heterocycles. The Balaban J connectivity index is 1.40. The first-order valence-corrected chi connectivity index (χ1v) is 10.1. The molecule has 29 heavy (non-hydrogen) atoms. The zero-order chi connectivity index (χ0) is 20.2. The van der Waals surface area contributed by atoms with E-state index in [1.165, 1.54) is 0 Å². The van der Waals surface area contributed by atoms with Crippen molar-refractivity contribution >= 4 is 17.5 Å². The van der Waals surface area contributed by atoms with Crippen LogP contribution < -0.4 is 4.74 Å². The fraction of sp³-hybridized carbons (Fsp3) is 0.318. The average molecular weight is 412 g/mol. The number of carbonyl (C=O) groups excluding carboxylic acids is 1. The van der Waals surface area contributed by atoms with Gasteiger partial charge in [0, 0.05) is 30.1 Å². The Morgan fingerprint density at radius 3 is 2.86 bits per heavy atom. The summed E-state index contributed by atoms with van der Waals surface area (Å²) in [6.45, 7) is 3.79. The van der Waals surface area contributed by atoms with Crippen molar-refractivity contribution in [2.24, 2.45) is 0 Å². The quantitative estimate of drug-likeness (QED) is 0.578. The zero-order valence-electron chi connectivity index (χ0n) is 16.2. The number of carbonyl (C=O) groups is 1. The molecule has 0 N–H and O–H groups in total. The van der Waals surface area contributed by atoms with Crippen molar-refractivity contribution in [3.05, 3.63) is 65.0 Å². The largest absolute Gasteiger partial charge is 0.494 e. The average Bonchev–Trinajstić information content (AvgIpc) is 3.35. The van der Waals surface area contributed by atoms with E-state index in [-0.39, 0.29) is 11.8 Å². The summed E-state index contributed by atoms with van der Waals surface area (Å²) in [5, 5.41) is 4.81. The minimum absolute atomic E-state index is 0.0796. The Hall–Kier alpha value is -2.86. The number of hydrogen-bond acceptors (Lipinski definition) is 5. The highest BCUT2D eigenvalue weighted by atomic mass is 35.5. The molecule has 7 heteroatoms. The molecule has 2 aromatic carbocycles. The number of aromatic nitrogens is 2. The zero-order valence-corrected chi connectivity index (χ0v) is 16.9. The minimum Gasteiger partial charge on any atom is -0.494 e. The van der Waals surface area contributed by atoms with Gasteiger partial charge in [-0.05, 0) is 43.2 Å². The van der Waals surface area contributed by atoms with Gasteiger partial charge in [0.15, 0.2) is 0 Å². The Morgan fingerprint density at radius 2 is 2.07 bits per heavy atom. The van der Waals surface area contributed by atoms with E-state index in [0.29, 0.717) is 42.9 Å². The molecule has 1 fully saturated rings. The van der Waals surface area contributed by atoms with Crippen LogP contribution in [0.4, 0.5) is 0 Å². The number of amides is 1. The molecule has 0 spiro atoms. The Morgan fingerprint density at radius 1 is 1.24 bits per heavy atom. The standard InChI is InChI=1S/C22H22ClN3O3/c1-2-28-19-5-3-4-16(12-19)21-24-22(29-25-21)17-13-20(27)26(14-17)11-10-15-6-8-18(23)9-7-15/h3-9,12,17H,2,10-11,13-14H2,1H3. The van der Waals surface area contributed by atoms with Gasteiger partial charge in [-0.1, -0.05) is 41.0 Å². The van der Waals surface area contributed by atoms with E-state index in [2.05, 4.69) is 10.1 Å². The van der Waals surface area contributed by atoms with Gasteiger partial charge < -0.3 is 14.2 Å². The fourth-order valence-electron chi connectivity index (χ4n) is 3.48. The third-order valence-electron chi connectivity index (χ3n) is 4.99. The summed E-state index contributed by atoms with van der Waals surface area (Å²) in [7, 11) is 0. The lowest BCUT2D eigenvalue weighted by atomic mass is 10.1. The van der Waals surface area contributed by atoms with Gasteiger partial charge in [-0.25, -0.2) is 0 Å². The first-order valence-electron chi connectivity index (χ1n) is 9.71. The first-order chi connectivity index (χ1) is 14.1. The second kappa shape index (κ2) is 8.66. The molecule has 1 saturated heterocycles. The Bertz CT molecular complexity index is 987. The maximum atomic E-state index is 12.4. The summed E-state index contributed by atoms with van der Waals surface area (Å²) in [4.78, 5) is 18.8. The summed E-state index contributed by atoms with van der Waals surface area (Å²) < 4.78 is 11.0. The third-order valence-corrected chi connectivity index (χ3v) is 5.24. The predicted octanol–water partition coefficient (Wildman–Crippen LogP) is 4.35. The highest BCUT2D eigenvalue weighted by molar-refractivity contribution is 6.30. The van der Waals surface area contributed by atoms with E-state index < -0.39 is 0 Å². The number of rotatable bonds is 7.